The minimum atomic E-state index is -2.38. The number of nitrogens with one attached hydrogen (secondary N) is 1. The number of carboxylic acids is 1. The minimum absolute atomic E-state index is 0.0367. The lowest BCUT2D eigenvalue weighted by atomic mass is 9.88. The number of aromatic nitrogens is 2. The van der Waals surface area contributed by atoms with E-state index in [9.17, 15) is 24.2 Å². The van der Waals surface area contributed by atoms with Crippen LogP contribution < -0.4 is 4.74 Å². The van der Waals surface area contributed by atoms with E-state index < -0.39 is 23.4 Å². The van der Waals surface area contributed by atoms with Crippen molar-refractivity contribution in [1.82, 2.24) is 15.1 Å². The first-order valence-electron chi connectivity index (χ1n) is 10.1. The Morgan fingerprint density at radius 3 is 2.65 bits per heavy atom. The number of amides is 1. The molecule has 4 aromatic rings. The fourth-order valence-electron chi connectivity index (χ4n) is 4.40. The van der Waals surface area contributed by atoms with Crippen molar-refractivity contribution in [2.45, 2.75) is 12.3 Å². The maximum absolute atomic E-state index is 14.3. The number of methoxy groups -OCH3 is 1. The standard InChI is InChI=1S/C24H17ClFN3O5/c1-34-15-5-2-12(3-6-15)11-29-22(30)19-20(16(23(31)32)8-13-10-27-28-21(13)19)24(29,33)17-9-14(26)4-7-18(17)25/h2-10,33H,11H2,1H3,(H,27,28)(H,31,32). The van der Waals surface area contributed by atoms with Gasteiger partial charge in [-0.3, -0.25) is 14.8 Å². The fourth-order valence-corrected chi connectivity index (χ4v) is 4.65. The van der Waals surface area contributed by atoms with Crippen molar-refractivity contribution in [2.24, 2.45) is 0 Å². The zero-order chi connectivity index (χ0) is 24.2. The molecular formula is C24H17ClFN3O5. The molecule has 172 valence electrons. The van der Waals surface area contributed by atoms with Gasteiger partial charge in [0.25, 0.3) is 5.91 Å². The number of carboxylic acid groups (broad SMARTS) is 1. The molecule has 0 bridgehead atoms. The molecule has 1 atom stereocenters. The molecule has 8 nitrogen and oxygen atoms in total. The van der Waals surface area contributed by atoms with Gasteiger partial charge in [-0.25, -0.2) is 9.18 Å². The van der Waals surface area contributed by atoms with E-state index in [1.165, 1.54) is 25.4 Å². The van der Waals surface area contributed by atoms with Gasteiger partial charge in [-0.05, 0) is 42.0 Å². The zero-order valence-electron chi connectivity index (χ0n) is 17.7. The van der Waals surface area contributed by atoms with Crippen LogP contribution in [-0.4, -0.2) is 44.3 Å². The second-order valence-electron chi connectivity index (χ2n) is 7.85. The van der Waals surface area contributed by atoms with E-state index in [0.717, 1.165) is 17.0 Å². The van der Waals surface area contributed by atoms with Gasteiger partial charge in [0, 0.05) is 28.1 Å². The molecule has 0 saturated carbocycles. The molecule has 0 aliphatic carbocycles. The number of aromatic carboxylic acids is 1. The van der Waals surface area contributed by atoms with Gasteiger partial charge in [0.15, 0.2) is 5.72 Å². The van der Waals surface area contributed by atoms with Crippen LogP contribution in [0.3, 0.4) is 0 Å². The number of halogens is 2. The van der Waals surface area contributed by atoms with Crippen molar-refractivity contribution in [3.8, 4) is 5.75 Å². The summed E-state index contributed by atoms with van der Waals surface area (Å²) in [4.78, 5) is 27.1. The first kappa shape index (κ1) is 21.9. The molecule has 10 heteroatoms. The van der Waals surface area contributed by atoms with Crippen molar-refractivity contribution < 1.29 is 28.9 Å². The molecular weight excluding hydrogens is 465 g/mol. The van der Waals surface area contributed by atoms with Gasteiger partial charge in [0.05, 0.1) is 30.0 Å². The lowest BCUT2D eigenvalue weighted by molar-refractivity contribution is -0.0549. The average molecular weight is 482 g/mol. The summed E-state index contributed by atoms with van der Waals surface area (Å²) in [5.41, 5.74) is -2.25. The quantitative estimate of drug-likeness (QED) is 0.398. The molecule has 5 rings (SSSR count). The van der Waals surface area contributed by atoms with Crippen LogP contribution in [0.4, 0.5) is 4.39 Å². The number of rotatable bonds is 5. The third-order valence-corrected chi connectivity index (χ3v) is 6.30. The van der Waals surface area contributed by atoms with Gasteiger partial charge in [0.1, 0.15) is 11.6 Å². The van der Waals surface area contributed by atoms with Gasteiger partial charge < -0.3 is 14.9 Å². The minimum Gasteiger partial charge on any atom is -0.497 e. The number of fused-ring (bicyclic) bond motifs is 3. The first-order valence-corrected chi connectivity index (χ1v) is 10.5. The molecule has 3 N–H and O–H groups in total. The Balaban J connectivity index is 1.81. The van der Waals surface area contributed by atoms with E-state index in [0.29, 0.717) is 16.7 Å². The summed E-state index contributed by atoms with van der Waals surface area (Å²) >= 11 is 6.37. The number of carbonyl (C=O) groups excluding carboxylic acids is 1. The van der Waals surface area contributed by atoms with Crippen LogP contribution >= 0.6 is 11.6 Å². The van der Waals surface area contributed by atoms with E-state index in [1.807, 2.05) is 0 Å². The SMILES string of the molecule is COc1ccc(CN2C(=O)c3c(c(C(=O)O)cc4cn[nH]c34)C2(O)c2cc(F)ccc2Cl)cc1. The molecule has 1 unspecified atom stereocenters. The normalized spacial score (nSPS) is 17.3. The summed E-state index contributed by atoms with van der Waals surface area (Å²) < 4.78 is 19.5. The molecule has 3 aromatic carbocycles. The molecule has 1 aliphatic heterocycles. The van der Waals surface area contributed by atoms with Gasteiger partial charge in [0.2, 0.25) is 0 Å². The van der Waals surface area contributed by atoms with Crippen LogP contribution in [0.5, 0.6) is 5.75 Å². The van der Waals surface area contributed by atoms with Gasteiger partial charge >= 0.3 is 5.97 Å². The number of carbonyl (C=O) groups is 2. The predicted molar refractivity (Wildman–Crippen MR) is 120 cm³/mol. The Hall–Kier alpha value is -3.95. The van der Waals surface area contributed by atoms with E-state index in [4.69, 9.17) is 16.3 Å². The molecule has 2 heterocycles. The van der Waals surface area contributed by atoms with Crippen molar-refractivity contribution >= 4 is 34.4 Å². The highest BCUT2D eigenvalue weighted by Crippen LogP contribution is 2.49. The number of aliphatic hydroxyl groups is 1. The van der Waals surface area contributed by atoms with E-state index in [-0.39, 0.29) is 39.3 Å². The Labute approximate surface area is 197 Å². The molecule has 1 amide bonds. The molecule has 0 fully saturated rings. The van der Waals surface area contributed by atoms with Gasteiger partial charge in [-0.1, -0.05) is 23.7 Å². The highest BCUT2D eigenvalue weighted by molar-refractivity contribution is 6.31. The second kappa shape index (κ2) is 7.82. The lowest BCUT2D eigenvalue weighted by Gasteiger charge is -2.36. The monoisotopic (exact) mass is 481 g/mol. The highest BCUT2D eigenvalue weighted by atomic mass is 35.5. The highest BCUT2D eigenvalue weighted by Gasteiger charge is 2.54. The average Bonchev–Trinajstić information content (AvgIpc) is 3.38. The lowest BCUT2D eigenvalue weighted by Crippen LogP contribution is -2.45. The van der Waals surface area contributed by atoms with Crippen LogP contribution in [0.15, 0.2) is 54.7 Å². The van der Waals surface area contributed by atoms with Crippen LogP contribution in [0.25, 0.3) is 10.9 Å². The Morgan fingerprint density at radius 1 is 1.24 bits per heavy atom. The number of H-pyrrole nitrogens is 1. The number of nitrogens with zero attached hydrogens (tertiary/aromatic N) is 2. The summed E-state index contributed by atoms with van der Waals surface area (Å²) in [6.07, 6.45) is 1.38. The van der Waals surface area contributed by atoms with Crippen molar-refractivity contribution in [2.75, 3.05) is 7.11 Å². The van der Waals surface area contributed by atoms with E-state index in [1.54, 1.807) is 24.3 Å². The van der Waals surface area contributed by atoms with Crippen LogP contribution in [0.1, 0.15) is 37.4 Å². The number of benzene rings is 3. The summed E-state index contributed by atoms with van der Waals surface area (Å²) in [5.74, 6) is -2.15. The summed E-state index contributed by atoms with van der Waals surface area (Å²) in [6.45, 7) is -0.129. The molecule has 0 saturated heterocycles. The largest absolute Gasteiger partial charge is 0.497 e. The summed E-state index contributed by atoms with van der Waals surface area (Å²) in [5, 5.41) is 29.1. The smallest absolute Gasteiger partial charge is 0.336 e. The molecule has 1 aliphatic rings. The third-order valence-electron chi connectivity index (χ3n) is 5.97. The van der Waals surface area contributed by atoms with Crippen LogP contribution in [-0.2, 0) is 12.3 Å². The molecule has 1 aromatic heterocycles. The Bertz CT molecular complexity index is 1470. The molecule has 0 spiro atoms. The molecule has 0 radical (unpaired) electrons. The third kappa shape index (κ3) is 3.12. The van der Waals surface area contributed by atoms with E-state index in [2.05, 4.69) is 10.2 Å². The zero-order valence-corrected chi connectivity index (χ0v) is 18.4. The van der Waals surface area contributed by atoms with Crippen molar-refractivity contribution in [3.05, 3.63) is 93.4 Å². The molecule has 34 heavy (non-hydrogen) atoms. The maximum atomic E-state index is 14.3. The second-order valence-corrected chi connectivity index (χ2v) is 8.26. The number of aromatic amines is 1. The van der Waals surface area contributed by atoms with Crippen LogP contribution in [0, 0.1) is 5.82 Å². The summed E-state index contributed by atoms with van der Waals surface area (Å²) in [6, 6.07) is 11.4. The topological polar surface area (TPSA) is 116 Å². The van der Waals surface area contributed by atoms with Crippen molar-refractivity contribution in [3.63, 3.8) is 0 Å². The van der Waals surface area contributed by atoms with Crippen molar-refractivity contribution in [1.29, 1.82) is 0 Å². The van der Waals surface area contributed by atoms with Gasteiger partial charge in [-0.2, -0.15) is 5.10 Å². The van der Waals surface area contributed by atoms with E-state index >= 15 is 0 Å². The number of ether oxygens (including phenoxy) is 1. The Kier molecular flexibility index (Phi) is 5.03. The predicted octanol–water partition coefficient (Wildman–Crippen LogP) is 3.91. The first-order chi connectivity index (χ1) is 16.3. The van der Waals surface area contributed by atoms with Gasteiger partial charge in [-0.15, -0.1) is 0 Å². The number of hydrogen-bond acceptors (Lipinski definition) is 5. The fraction of sp³-hybridized carbons (Fsp3) is 0.125. The van der Waals surface area contributed by atoms with Crippen LogP contribution in [0.2, 0.25) is 5.02 Å². The number of hydrogen-bond donors (Lipinski definition) is 3. The Morgan fingerprint density at radius 2 is 1.97 bits per heavy atom. The maximum Gasteiger partial charge on any atom is 0.336 e. The summed E-state index contributed by atoms with van der Waals surface area (Å²) in [7, 11) is 1.52.